The number of benzene rings is 2. The fourth-order valence-corrected chi connectivity index (χ4v) is 2.59. The number of hydrogen-bond donors (Lipinski definition) is 1. The number of carbonyl (C=O) groups excluding carboxylic acids is 2. The average molecular weight is 351 g/mol. The molecule has 0 fully saturated rings. The lowest BCUT2D eigenvalue weighted by molar-refractivity contribution is -0.121. The predicted octanol–water partition coefficient (Wildman–Crippen LogP) is 2.34. The van der Waals surface area contributed by atoms with Gasteiger partial charge in [0.25, 0.3) is 5.91 Å². The molecule has 132 valence electrons. The zero-order valence-electron chi connectivity index (χ0n) is 14.0. The smallest absolute Gasteiger partial charge is 0.265 e. The molecule has 2 aromatic carbocycles. The SMILES string of the molecule is N#CCOc1ccc(NC(=O)CCN2C(=O)COc3ccccc32)cc1. The number of nitrogens with one attached hydrogen (secondary N) is 1. The highest BCUT2D eigenvalue weighted by Crippen LogP contribution is 2.31. The molecule has 1 N–H and O–H groups in total. The molecule has 0 radical (unpaired) electrons. The van der Waals surface area contributed by atoms with Gasteiger partial charge in [-0.2, -0.15) is 5.26 Å². The van der Waals surface area contributed by atoms with Crippen LogP contribution in [0.4, 0.5) is 11.4 Å². The lowest BCUT2D eigenvalue weighted by Crippen LogP contribution is -2.40. The van der Waals surface area contributed by atoms with Crippen LogP contribution in [-0.4, -0.2) is 31.6 Å². The van der Waals surface area contributed by atoms with Crippen LogP contribution in [0.25, 0.3) is 0 Å². The molecule has 0 spiro atoms. The molecule has 7 nitrogen and oxygen atoms in total. The molecule has 0 aromatic heterocycles. The molecule has 0 bridgehead atoms. The summed E-state index contributed by atoms with van der Waals surface area (Å²) in [5, 5.41) is 11.3. The lowest BCUT2D eigenvalue weighted by atomic mass is 10.2. The summed E-state index contributed by atoms with van der Waals surface area (Å²) in [7, 11) is 0. The Kier molecular flexibility index (Phi) is 5.34. The van der Waals surface area contributed by atoms with Crippen molar-refractivity contribution in [3.63, 3.8) is 0 Å². The molecular weight excluding hydrogens is 334 g/mol. The number of para-hydroxylation sites is 2. The van der Waals surface area contributed by atoms with Crippen molar-refractivity contribution in [2.24, 2.45) is 0 Å². The summed E-state index contributed by atoms with van der Waals surface area (Å²) in [4.78, 5) is 25.8. The average Bonchev–Trinajstić information content (AvgIpc) is 2.66. The Labute approximate surface area is 150 Å². The van der Waals surface area contributed by atoms with Crippen molar-refractivity contribution in [2.75, 3.05) is 30.0 Å². The summed E-state index contributed by atoms with van der Waals surface area (Å²) in [5.41, 5.74) is 1.29. The monoisotopic (exact) mass is 351 g/mol. The molecule has 7 heteroatoms. The minimum Gasteiger partial charge on any atom is -0.482 e. The molecule has 26 heavy (non-hydrogen) atoms. The fourth-order valence-electron chi connectivity index (χ4n) is 2.59. The molecule has 2 aromatic rings. The number of hydrogen-bond acceptors (Lipinski definition) is 5. The van der Waals surface area contributed by atoms with Crippen LogP contribution in [0.15, 0.2) is 48.5 Å². The normalized spacial score (nSPS) is 12.6. The maximum Gasteiger partial charge on any atom is 0.265 e. The second-order valence-electron chi connectivity index (χ2n) is 5.57. The second-order valence-corrected chi connectivity index (χ2v) is 5.57. The van der Waals surface area contributed by atoms with Crippen molar-refractivity contribution in [3.8, 4) is 17.6 Å². The highest BCUT2D eigenvalue weighted by molar-refractivity contribution is 5.99. The molecule has 0 unspecified atom stereocenters. The van der Waals surface area contributed by atoms with Gasteiger partial charge in [-0.1, -0.05) is 12.1 Å². The quantitative estimate of drug-likeness (QED) is 0.862. The highest BCUT2D eigenvalue weighted by Gasteiger charge is 2.25. The molecule has 1 aliphatic heterocycles. The first kappa shape index (κ1) is 17.3. The van der Waals surface area contributed by atoms with Gasteiger partial charge in [0.2, 0.25) is 5.91 Å². The van der Waals surface area contributed by atoms with Gasteiger partial charge in [0.1, 0.15) is 17.6 Å². The van der Waals surface area contributed by atoms with Crippen molar-refractivity contribution < 1.29 is 19.1 Å². The molecule has 3 rings (SSSR count). The minimum atomic E-state index is -0.201. The van der Waals surface area contributed by atoms with Crippen molar-refractivity contribution in [3.05, 3.63) is 48.5 Å². The van der Waals surface area contributed by atoms with Gasteiger partial charge in [-0.25, -0.2) is 0 Å². The van der Waals surface area contributed by atoms with E-state index in [1.54, 1.807) is 41.3 Å². The Bertz CT molecular complexity index is 843. The van der Waals surface area contributed by atoms with E-state index in [2.05, 4.69) is 5.32 Å². The van der Waals surface area contributed by atoms with E-state index >= 15 is 0 Å². The third kappa shape index (κ3) is 4.11. The number of fused-ring (bicyclic) bond motifs is 1. The largest absolute Gasteiger partial charge is 0.482 e. The van der Waals surface area contributed by atoms with Crippen LogP contribution in [0.3, 0.4) is 0 Å². The van der Waals surface area contributed by atoms with E-state index in [1.807, 2.05) is 18.2 Å². The van der Waals surface area contributed by atoms with Crippen molar-refractivity contribution in [1.82, 2.24) is 0 Å². The van der Waals surface area contributed by atoms with Crippen LogP contribution < -0.4 is 19.7 Å². The molecule has 0 saturated carbocycles. The Morgan fingerprint density at radius 2 is 2.00 bits per heavy atom. The number of ether oxygens (including phenoxy) is 2. The van der Waals surface area contributed by atoms with Gasteiger partial charge in [-0.15, -0.1) is 0 Å². The van der Waals surface area contributed by atoms with Crippen LogP contribution in [-0.2, 0) is 9.59 Å². The van der Waals surface area contributed by atoms with Gasteiger partial charge in [-0.3, -0.25) is 9.59 Å². The fraction of sp³-hybridized carbons (Fsp3) is 0.211. The Morgan fingerprint density at radius 3 is 2.77 bits per heavy atom. The van der Waals surface area contributed by atoms with E-state index in [0.29, 0.717) is 22.9 Å². The molecule has 1 aliphatic rings. The summed E-state index contributed by atoms with van der Waals surface area (Å²) >= 11 is 0. The van der Waals surface area contributed by atoms with Gasteiger partial charge in [0.15, 0.2) is 13.2 Å². The summed E-state index contributed by atoms with van der Waals surface area (Å²) in [6, 6.07) is 15.9. The summed E-state index contributed by atoms with van der Waals surface area (Å²) in [5.74, 6) is 0.823. The van der Waals surface area contributed by atoms with Crippen LogP contribution in [0.1, 0.15) is 6.42 Å². The number of nitriles is 1. The molecule has 2 amide bonds. The van der Waals surface area contributed by atoms with Crippen LogP contribution in [0, 0.1) is 11.3 Å². The highest BCUT2D eigenvalue weighted by atomic mass is 16.5. The van der Waals surface area contributed by atoms with Crippen molar-refractivity contribution >= 4 is 23.2 Å². The zero-order chi connectivity index (χ0) is 18.4. The van der Waals surface area contributed by atoms with Crippen molar-refractivity contribution in [1.29, 1.82) is 5.26 Å². The van der Waals surface area contributed by atoms with E-state index in [0.717, 1.165) is 0 Å². The van der Waals surface area contributed by atoms with Crippen molar-refractivity contribution in [2.45, 2.75) is 6.42 Å². The predicted molar refractivity (Wildman–Crippen MR) is 95.1 cm³/mol. The van der Waals surface area contributed by atoms with Gasteiger partial charge in [0.05, 0.1) is 5.69 Å². The topological polar surface area (TPSA) is 91.7 Å². The van der Waals surface area contributed by atoms with Gasteiger partial charge >= 0.3 is 0 Å². The minimum absolute atomic E-state index is 0.0250. The van der Waals surface area contributed by atoms with Gasteiger partial charge in [-0.05, 0) is 36.4 Å². The number of nitrogens with zero attached hydrogens (tertiary/aromatic N) is 2. The number of carbonyl (C=O) groups is 2. The van der Waals surface area contributed by atoms with Crippen LogP contribution in [0.2, 0.25) is 0 Å². The molecule has 0 aliphatic carbocycles. The van der Waals surface area contributed by atoms with Crippen LogP contribution in [0.5, 0.6) is 11.5 Å². The standard InChI is InChI=1S/C19H17N3O4/c20-10-12-25-15-7-5-14(6-8-15)21-18(23)9-11-22-16-3-1-2-4-17(16)26-13-19(22)24/h1-8H,9,11-13H2,(H,21,23). The third-order valence-electron chi connectivity index (χ3n) is 3.81. The Morgan fingerprint density at radius 1 is 1.23 bits per heavy atom. The summed E-state index contributed by atoms with van der Waals surface area (Å²) in [6.45, 7) is 0.220. The van der Waals surface area contributed by atoms with E-state index in [9.17, 15) is 9.59 Å². The van der Waals surface area contributed by atoms with E-state index in [-0.39, 0.29) is 38.0 Å². The first-order valence-electron chi connectivity index (χ1n) is 8.09. The maximum absolute atomic E-state index is 12.2. The second kappa shape index (κ2) is 8.03. The molecular formula is C19H17N3O4. The first-order valence-corrected chi connectivity index (χ1v) is 8.09. The maximum atomic E-state index is 12.2. The van der Waals surface area contributed by atoms with E-state index in [4.69, 9.17) is 14.7 Å². The molecule has 1 heterocycles. The lowest BCUT2D eigenvalue weighted by Gasteiger charge is -2.29. The number of rotatable bonds is 6. The summed E-state index contributed by atoms with van der Waals surface area (Å²) in [6.07, 6.45) is 0.159. The van der Waals surface area contributed by atoms with Crippen LogP contribution >= 0.6 is 0 Å². The number of amides is 2. The molecule has 0 saturated heterocycles. The zero-order valence-corrected chi connectivity index (χ0v) is 14.0. The van der Waals surface area contributed by atoms with E-state index in [1.165, 1.54) is 0 Å². The molecule has 0 atom stereocenters. The third-order valence-corrected chi connectivity index (χ3v) is 3.81. The first-order chi connectivity index (χ1) is 12.7. The van der Waals surface area contributed by atoms with Gasteiger partial charge in [0, 0.05) is 18.7 Å². The van der Waals surface area contributed by atoms with Gasteiger partial charge < -0.3 is 19.7 Å². The Hall–Kier alpha value is -3.53. The van der Waals surface area contributed by atoms with E-state index < -0.39 is 0 Å². The summed E-state index contributed by atoms with van der Waals surface area (Å²) < 4.78 is 10.5. The Balaban J connectivity index is 1.56. The number of anilines is 2.